The van der Waals surface area contributed by atoms with Gasteiger partial charge in [-0.05, 0) is 45.4 Å². The smallest absolute Gasteiger partial charge is 0.0481 e. The molecule has 1 aliphatic rings. The van der Waals surface area contributed by atoms with Gasteiger partial charge in [-0.25, -0.2) is 0 Å². The zero-order valence-electron chi connectivity index (χ0n) is 12.6. The fourth-order valence-corrected chi connectivity index (χ4v) is 4.40. The molecule has 1 heterocycles. The first-order chi connectivity index (χ1) is 9.13. The molecule has 2 nitrogen and oxygen atoms in total. The molecule has 2 N–H and O–H groups in total. The van der Waals surface area contributed by atoms with Crippen LogP contribution in [0.15, 0.2) is 6.07 Å². The van der Waals surface area contributed by atoms with Crippen molar-refractivity contribution in [2.45, 2.75) is 64.5 Å². The zero-order chi connectivity index (χ0) is 13.8. The molecular weight excluding hydrogens is 252 g/mol. The van der Waals surface area contributed by atoms with Crippen molar-refractivity contribution in [3.63, 3.8) is 0 Å². The van der Waals surface area contributed by atoms with Crippen LogP contribution in [0.2, 0.25) is 0 Å². The summed E-state index contributed by atoms with van der Waals surface area (Å²) >= 11 is 1.90. The lowest BCUT2D eigenvalue weighted by Gasteiger charge is -2.34. The van der Waals surface area contributed by atoms with Crippen LogP contribution < -0.4 is 5.73 Å². The van der Waals surface area contributed by atoms with Gasteiger partial charge in [-0.3, -0.25) is 4.90 Å². The summed E-state index contributed by atoms with van der Waals surface area (Å²) in [5, 5.41) is 0. The van der Waals surface area contributed by atoms with Gasteiger partial charge in [-0.2, -0.15) is 0 Å². The average Bonchev–Trinajstić information content (AvgIpc) is 2.61. The minimum absolute atomic E-state index is 0.396. The molecule has 0 aromatic carbocycles. The van der Waals surface area contributed by atoms with Crippen LogP contribution in [0.1, 0.15) is 59.9 Å². The van der Waals surface area contributed by atoms with E-state index in [-0.39, 0.29) is 0 Å². The maximum absolute atomic E-state index is 6.09. The molecular formula is C16H28N2S. The summed E-state index contributed by atoms with van der Waals surface area (Å²) in [5.74, 6) is 0. The van der Waals surface area contributed by atoms with E-state index >= 15 is 0 Å². The molecule has 19 heavy (non-hydrogen) atoms. The molecule has 108 valence electrons. The lowest BCUT2D eigenvalue weighted by Crippen LogP contribution is -2.38. The van der Waals surface area contributed by atoms with E-state index in [2.05, 4.69) is 31.9 Å². The Bertz CT molecular complexity index is 391. The molecule has 1 aliphatic carbocycles. The van der Waals surface area contributed by atoms with Crippen molar-refractivity contribution >= 4 is 11.3 Å². The van der Waals surface area contributed by atoms with Crippen molar-refractivity contribution < 1.29 is 0 Å². The van der Waals surface area contributed by atoms with Crippen molar-refractivity contribution in [1.29, 1.82) is 0 Å². The molecule has 0 saturated heterocycles. The first-order valence-corrected chi connectivity index (χ1v) is 8.44. The molecule has 3 heteroatoms. The number of hydrogen-bond acceptors (Lipinski definition) is 3. The average molecular weight is 280 g/mol. The third-order valence-corrected chi connectivity index (χ3v) is 5.54. The molecule has 1 saturated carbocycles. The Balaban J connectivity index is 2.13. The molecule has 1 fully saturated rings. The van der Waals surface area contributed by atoms with E-state index in [0.717, 1.165) is 12.6 Å². The molecule has 1 unspecified atom stereocenters. The van der Waals surface area contributed by atoms with Gasteiger partial charge in [-0.15, -0.1) is 11.3 Å². The third-order valence-electron chi connectivity index (χ3n) is 4.55. The monoisotopic (exact) mass is 280 g/mol. The molecule has 0 aliphatic heterocycles. The van der Waals surface area contributed by atoms with Crippen LogP contribution in [-0.4, -0.2) is 24.5 Å². The molecule has 0 radical (unpaired) electrons. The summed E-state index contributed by atoms with van der Waals surface area (Å²) in [7, 11) is 2.28. The van der Waals surface area contributed by atoms with Gasteiger partial charge in [-0.1, -0.05) is 25.7 Å². The summed E-state index contributed by atoms with van der Waals surface area (Å²) in [6.07, 6.45) is 8.27. The fraction of sp³-hybridized carbons (Fsp3) is 0.750. The minimum atomic E-state index is 0.396. The quantitative estimate of drug-likeness (QED) is 0.844. The summed E-state index contributed by atoms with van der Waals surface area (Å²) in [4.78, 5) is 5.40. The maximum atomic E-state index is 6.09. The number of thiophene rings is 1. The summed E-state index contributed by atoms with van der Waals surface area (Å²) in [5.41, 5.74) is 7.55. The Morgan fingerprint density at radius 1 is 1.26 bits per heavy atom. The normalized spacial score (nSPS) is 19.6. The van der Waals surface area contributed by atoms with E-state index < -0.39 is 0 Å². The van der Waals surface area contributed by atoms with Gasteiger partial charge in [0.25, 0.3) is 0 Å². The first kappa shape index (κ1) is 15.0. The summed E-state index contributed by atoms with van der Waals surface area (Å²) in [6, 6.07) is 3.45. The second-order valence-corrected chi connectivity index (χ2v) is 7.39. The summed E-state index contributed by atoms with van der Waals surface area (Å²) < 4.78 is 0. The predicted molar refractivity (Wildman–Crippen MR) is 84.8 cm³/mol. The Morgan fingerprint density at radius 3 is 2.37 bits per heavy atom. The topological polar surface area (TPSA) is 29.3 Å². The Hall–Kier alpha value is -0.380. The maximum Gasteiger partial charge on any atom is 0.0481 e. The van der Waals surface area contributed by atoms with Gasteiger partial charge >= 0.3 is 0 Å². The molecule has 1 atom stereocenters. The van der Waals surface area contributed by atoms with Crippen molar-refractivity contribution in [1.82, 2.24) is 4.90 Å². The van der Waals surface area contributed by atoms with Crippen molar-refractivity contribution in [2.24, 2.45) is 5.73 Å². The molecule has 0 amide bonds. The molecule has 1 aromatic rings. The van der Waals surface area contributed by atoms with Crippen molar-refractivity contribution in [3.8, 4) is 0 Å². The van der Waals surface area contributed by atoms with Crippen LogP contribution in [-0.2, 0) is 0 Å². The van der Waals surface area contributed by atoms with E-state index in [9.17, 15) is 0 Å². The van der Waals surface area contributed by atoms with Crippen LogP contribution in [0.5, 0.6) is 0 Å². The highest BCUT2D eigenvalue weighted by molar-refractivity contribution is 7.12. The highest BCUT2D eigenvalue weighted by atomic mass is 32.1. The Labute approximate surface area is 122 Å². The lowest BCUT2D eigenvalue weighted by atomic mass is 10.0. The second kappa shape index (κ2) is 6.87. The number of nitrogens with two attached hydrogens (primary N) is 1. The van der Waals surface area contributed by atoms with Gasteiger partial charge in [0, 0.05) is 28.4 Å². The van der Waals surface area contributed by atoms with Gasteiger partial charge < -0.3 is 5.73 Å². The zero-order valence-corrected chi connectivity index (χ0v) is 13.4. The molecule has 2 rings (SSSR count). The van der Waals surface area contributed by atoms with E-state index in [0.29, 0.717) is 6.04 Å². The highest BCUT2D eigenvalue weighted by Crippen LogP contribution is 2.32. The highest BCUT2D eigenvalue weighted by Gasteiger charge is 2.25. The van der Waals surface area contributed by atoms with Gasteiger partial charge in [0.1, 0.15) is 0 Å². The van der Waals surface area contributed by atoms with Gasteiger partial charge in [0.15, 0.2) is 0 Å². The van der Waals surface area contributed by atoms with Crippen LogP contribution in [0.4, 0.5) is 0 Å². The SMILES string of the molecule is Cc1cc(C(CN)N(C)C2CCCCCC2)c(C)s1. The fourth-order valence-electron chi connectivity index (χ4n) is 3.41. The number of likely N-dealkylation sites (N-methyl/N-ethyl adjacent to an activating group) is 1. The minimum Gasteiger partial charge on any atom is -0.329 e. The van der Waals surface area contributed by atoms with E-state index in [4.69, 9.17) is 5.73 Å². The van der Waals surface area contributed by atoms with Crippen LogP contribution >= 0.6 is 11.3 Å². The lowest BCUT2D eigenvalue weighted by molar-refractivity contribution is 0.161. The summed E-state index contributed by atoms with van der Waals surface area (Å²) in [6.45, 7) is 5.15. The number of nitrogens with zero attached hydrogens (tertiary/aromatic N) is 1. The van der Waals surface area contributed by atoms with Crippen LogP contribution in [0, 0.1) is 13.8 Å². The van der Waals surface area contributed by atoms with Crippen molar-refractivity contribution in [2.75, 3.05) is 13.6 Å². The molecule has 0 spiro atoms. The number of rotatable bonds is 4. The molecule has 1 aromatic heterocycles. The van der Waals surface area contributed by atoms with Gasteiger partial charge in [0.05, 0.1) is 0 Å². The van der Waals surface area contributed by atoms with Crippen LogP contribution in [0.3, 0.4) is 0 Å². The van der Waals surface area contributed by atoms with Crippen LogP contribution in [0.25, 0.3) is 0 Å². The van der Waals surface area contributed by atoms with E-state index in [1.54, 1.807) is 0 Å². The standard InChI is InChI=1S/C16H28N2S/c1-12-10-15(13(2)19-12)16(11-17)18(3)14-8-6-4-5-7-9-14/h10,14,16H,4-9,11,17H2,1-3H3. The van der Waals surface area contributed by atoms with E-state index in [1.165, 1.54) is 53.8 Å². The van der Waals surface area contributed by atoms with E-state index in [1.807, 2.05) is 11.3 Å². The largest absolute Gasteiger partial charge is 0.329 e. The second-order valence-electron chi connectivity index (χ2n) is 5.93. The number of hydrogen-bond donors (Lipinski definition) is 1. The molecule has 0 bridgehead atoms. The Kier molecular flexibility index (Phi) is 5.43. The van der Waals surface area contributed by atoms with Crippen molar-refractivity contribution in [3.05, 3.63) is 21.4 Å². The number of aryl methyl sites for hydroxylation is 2. The first-order valence-electron chi connectivity index (χ1n) is 7.62. The predicted octanol–water partition coefficient (Wildman–Crippen LogP) is 4.02. The third kappa shape index (κ3) is 3.59. The Morgan fingerprint density at radius 2 is 1.89 bits per heavy atom. The van der Waals surface area contributed by atoms with Gasteiger partial charge in [0.2, 0.25) is 0 Å².